The van der Waals surface area contributed by atoms with E-state index in [1.807, 2.05) is 0 Å². The van der Waals surface area contributed by atoms with E-state index in [-0.39, 0.29) is 25.3 Å². The lowest BCUT2D eigenvalue weighted by atomic mass is 10.1. The third kappa shape index (κ3) is 4.57. The number of benzene rings is 2. The molecular formula is C21H22FN3O5. The molecule has 0 saturated carbocycles. The summed E-state index contributed by atoms with van der Waals surface area (Å²) in [4.78, 5) is 40.8. The van der Waals surface area contributed by atoms with Gasteiger partial charge >= 0.3 is 6.03 Å². The molecule has 2 aromatic carbocycles. The molecule has 0 unspecified atom stereocenters. The van der Waals surface area contributed by atoms with Crippen molar-refractivity contribution in [2.24, 2.45) is 0 Å². The van der Waals surface area contributed by atoms with Crippen molar-refractivity contribution in [3.05, 3.63) is 54.3 Å². The highest BCUT2D eigenvalue weighted by molar-refractivity contribution is 6.22. The van der Waals surface area contributed by atoms with Gasteiger partial charge in [-0.2, -0.15) is 0 Å². The number of halogens is 1. The van der Waals surface area contributed by atoms with E-state index in [1.165, 1.54) is 43.4 Å². The number of anilines is 2. The van der Waals surface area contributed by atoms with Crippen LogP contribution in [0.2, 0.25) is 0 Å². The fraction of sp³-hybridized carbons (Fsp3) is 0.286. The van der Waals surface area contributed by atoms with Crippen molar-refractivity contribution in [3.63, 3.8) is 0 Å². The van der Waals surface area contributed by atoms with Crippen LogP contribution in [0.15, 0.2) is 48.5 Å². The van der Waals surface area contributed by atoms with Gasteiger partial charge in [0.2, 0.25) is 5.91 Å². The van der Waals surface area contributed by atoms with Crippen LogP contribution in [-0.4, -0.2) is 56.2 Å². The predicted octanol–water partition coefficient (Wildman–Crippen LogP) is 2.65. The number of rotatable bonds is 8. The highest BCUT2D eigenvalue weighted by Crippen LogP contribution is 2.28. The quantitative estimate of drug-likeness (QED) is 0.670. The minimum absolute atomic E-state index is 0.144. The molecule has 1 N–H and O–H groups in total. The standard InChI is InChI=1S/C21H22FN3O5/c1-29-11-10-24-18(13-19(26)23-15-5-3-4-14(22)12-15)20(27)25(21(24)28)16-6-8-17(30-2)9-7-16/h3-9,12,18H,10-11,13H2,1-2H3,(H,23,26)/t18-/m1/s1. The summed E-state index contributed by atoms with van der Waals surface area (Å²) in [5, 5.41) is 2.56. The fourth-order valence-electron chi connectivity index (χ4n) is 3.20. The smallest absolute Gasteiger partial charge is 0.332 e. The molecule has 1 saturated heterocycles. The van der Waals surface area contributed by atoms with Gasteiger partial charge in [0.25, 0.3) is 5.91 Å². The Labute approximate surface area is 173 Å². The number of urea groups is 1. The lowest BCUT2D eigenvalue weighted by Crippen LogP contribution is -2.39. The molecule has 1 heterocycles. The summed E-state index contributed by atoms with van der Waals surface area (Å²) in [6, 6.07) is 10.4. The monoisotopic (exact) mass is 415 g/mol. The number of ether oxygens (including phenoxy) is 2. The minimum Gasteiger partial charge on any atom is -0.497 e. The van der Waals surface area contributed by atoms with Crippen LogP contribution in [0.25, 0.3) is 0 Å². The first-order chi connectivity index (χ1) is 14.4. The topological polar surface area (TPSA) is 88.2 Å². The van der Waals surface area contributed by atoms with Crippen molar-refractivity contribution in [3.8, 4) is 5.75 Å². The van der Waals surface area contributed by atoms with E-state index in [0.29, 0.717) is 11.4 Å². The fourth-order valence-corrected chi connectivity index (χ4v) is 3.20. The molecular weight excluding hydrogens is 393 g/mol. The molecule has 1 aliphatic heterocycles. The lowest BCUT2D eigenvalue weighted by molar-refractivity contribution is -0.124. The molecule has 0 radical (unpaired) electrons. The highest BCUT2D eigenvalue weighted by atomic mass is 19.1. The van der Waals surface area contributed by atoms with Crippen LogP contribution in [0, 0.1) is 5.82 Å². The zero-order chi connectivity index (χ0) is 21.7. The summed E-state index contributed by atoms with van der Waals surface area (Å²) in [7, 11) is 3.00. The Morgan fingerprint density at radius 2 is 1.87 bits per heavy atom. The molecule has 158 valence electrons. The second-order valence-corrected chi connectivity index (χ2v) is 6.62. The van der Waals surface area contributed by atoms with Crippen LogP contribution < -0.4 is 15.0 Å². The van der Waals surface area contributed by atoms with Gasteiger partial charge in [0.1, 0.15) is 17.6 Å². The van der Waals surface area contributed by atoms with Crippen LogP contribution in [0.5, 0.6) is 5.75 Å². The van der Waals surface area contributed by atoms with Gasteiger partial charge < -0.3 is 19.7 Å². The van der Waals surface area contributed by atoms with Gasteiger partial charge in [-0.1, -0.05) is 6.07 Å². The first-order valence-electron chi connectivity index (χ1n) is 9.27. The first kappa shape index (κ1) is 21.3. The second kappa shape index (κ2) is 9.36. The maximum atomic E-state index is 13.3. The van der Waals surface area contributed by atoms with E-state index in [4.69, 9.17) is 9.47 Å². The largest absolute Gasteiger partial charge is 0.497 e. The molecule has 30 heavy (non-hydrogen) atoms. The number of nitrogens with one attached hydrogen (secondary N) is 1. The van der Waals surface area contributed by atoms with E-state index in [9.17, 15) is 18.8 Å². The average Bonchev–Trinajstić information content (AvgIpc) is 2.95. The minimum atomic E-state index is -0.997. The van der Waals surface area contributed by atoms with Crippen LogP contribution >= 0.6 is 0 Å². The molecule has 1 atom stereocenters. The van der Waals surface area contributed by atoms with Gasteiger partial charge in [0.15, 0.2) is 0 Å². The normalized spacial score (nSPS) is 16.2. The van der Waals surface area contributed by atoms with E-state index >= 15 is 0 Å². The first-order valence-corrected chi connectivity index (χ1v) is 9.27. The molecule has 0 bridgehead atoms. The van der Waals surface area contributed by atoms with Gasteiger partial charge in [-0.15, -0.1) is 0 Å². The summed E-state index contributed by atoms with van der Waals surface area (Å²) in [5.41, 5.74) is 0.647. The Balaban J connectivity index is 1.80. The van der Waals surface area contributed by atoms with Crippen molar-refractivity contribution < 1.29 is 28.2 Å². The predicted molar refractivity (Wildman–Crippen MR) is 108 cm³/mol. The number of nitrogens with zero attached hydrogens (tertiary/aromatic N) is 2. The number of hydrogen-bond acceptors (Lipinski definition) is 5. The molecule has 1 aliphatic rings. The average molecular weight is 415 g/mol. The van der Waals surface area contributed by atoms with Crippen LogP contribution in [0.1, 0.15) is 6.42 Å². The van der Waals surface area contributed by atoms with Gasteiger partial charge in [-0.3, -0.25) is 9.59 Å². The summed E-state index contributed by atoms with van der Waals surface area (Å²) in [5.74, 6) is -0.936. The third-order valence-electron chi connectivity index (χ3n) is 4.67. The SMILES string of the molecule is COCCN1C(=O)N(c2ccc(OC)cc2)C(=O)[C@H]1CC(=O)Nc1cccc(F)c1. The summed E-state index contributed by atoms with van der Waals surface area (Å²) >= 11 is 0. The molecule has 1 fully saturated rings. The van der Waals surface area contributed by atoms with Crippen molar-refractivity contribution >= 4 is 29.2 Å². The summed E-state index contributed by atoms with van der Waals surface area (Å²) in [6.07, 6.45) is -0.266. The molecule has 4 amide bonds. The van der Waals surface area contributed by atoms with E-state index in [1.54, 1.807) is 24.3 Å². The molecule has 0 aromatic heterocycles. The number of hydrogen-bond donors (Lipinski definition) is 1. The van der Waals surface area contributed by atoms with Crippen molar-refractivity contribution in [2.45, 2.75) is 12.5 Å². The molecule has 2 aromatic rings. The van der Waals surface area contributed by atoms with Crippen molar-refractivity contribution in [1.29, 1.82) is 0 Å². The molecule has 9 heteroatoms. The van der Waals surface area contributed by atoms with Crippen LogP contribution in [-0.2, 0) is 14.3 Å². The van der Waals surface area contributed by atoms with Crippen molar-refractivity contribution in [2.75, 3.05) is 37.6 Å². The van der Waals surface area contributed by atoms with Gasteiger partial charge in [0, 0.05) is 19.3 Å². The maximum Gasteiger partial charge on any atom is 0.332 e. The summed E-state index contributed by atoms with van der Waals surface area (Å²) in [6.45, 7) is 0.350. The highest BCUT2D eigenvalue weighted by Gasteiger charge is 2.46. The number of methoxy groups -OCH3 is 2. The van der Waals surface area contributed by atoms with Gasteiger partial charge in [0.05, 0.1) is 25.8 Å². The Morgan fingerprint density at radius 1 is 1.13 bits per heavy atom. The number of carbonyl (C=O) groups is 3. The number of imide groups is 1. The third-order valence-corrected chi connectivity index (χ3v) is 4.67. The second-order valence-electron chi connectivity index (χ2n) is 6.62. The van der Waals surface area contributed by atoms with Crippen molar-refractivity contribution in [1.82, 2.24) is 4.90 Å². The van der Waals surface area contributed by atoms with Crippen LogP contribution in [0.3, 0.4) is 0 Å². The molecule has 8 nitrogen and oxygen atoms in total. The van der Waals surface area contributed by atoms with E-state index in [2.05, 4.69) is 5.32 Å². The van der Waals surface area contributed by atoms with E-state index < -0.39 is 29.7 Å². The van der Waals surface area contributed by atoms with Crippen LogP contribution in [0.4, 0.5) is 20.6 Å². The summed E-state index contributed by atoms with van der Waals surface area (Å²) < 4.78 is 23.5. The Morgan fingerprint density at radius 3 is 2.50 bits per heavy atom. The zero-order valence-corrected chi connectivity index (χ0v) is 16.6. The Bertz CT molecular complexity index is 934. The van der Waals surface area contributed by atoms with E-state index in [0.717, 1.165) is 4.90 Å². The molecule has 0 aliphatic carbocycles. The lowest BCUT2D eigenvalue weighted by Gasteiger charge is -2.21. The molecule has 0 spiro atoms. The number of carbonyl (C=O) groups excluding carboxylic acids is 3. The number of amides is 4. The molecule has 3 rings (SSSR count). The maximum absolute atomic E-state index is 13.3. The van der Waals surface area contributed by atoms with Gasteiger partial charge in [-0.25, -0.2) is 14.1 Å². The van der Waals surface area contributed by atoms with Gasteiger partial charge in [-0.05, 0) is 42.5 Å². The zero-order valence-electron chi connectivity index (χ0n) is 16.6. The Hall–Kier alpha value is -3.46. The Kier molecular flexibility index (Phi) is 6.63.